The molecule has 0 saturated carbocycles. The zero-order valence-electron chi connectivity index (χ0n) is 7.69. The molecule has 1 saturated heterocycles. The van der Waals surface area contributed by atoms with E-state index in [4.69, 9.17) is 10.5 Å². The van der Waals surface area contributed by atoms with E-state index in [2.05, 4.69) is 5.32 Å². The highest BCUT2D eigenvalue weighted by molar-refractivity contribution is 5.75. The molecule has 0 aromatic heterocycles. The van der Waals surface area contributed by atoms with Crippen LogP contribution in [0.5, 0.6) is 5.75 Å². The lowest BCUT2D eigenvalue weighted by Crippen LogP contribution is -2.20. The number of nitrogens with one attached hydrogen (secondary N) is 1. The zero-order chi connectivity index (χ0) is 9.97. The number of amides is 1. The number of para-hydroxylation sites is 1. The Morgan fingerprint density at radius 3 is 2.93 bits per heavy atom. The van der Waals surface area contributed by atoms with Crippen molar-refractivity contribution in [3.05, 3.63) is 29.8 Å². The number of nitrogens with two attached hydrogens (primary N) is 1. The molecule has 1 aromatic rings. The molecule has 1 aliphatic heterocycles. The number of primary amides is 1. The molecular weight excluding hydrogens is 180 g/mol. The van der Waals surface area contributed by atoms with Gasteiger partial charge in [0.25, 0.3) is 5.91 Å². The first kappa shape index (κ1) is 9.02. The second-order valence-corrected chi connectivity index (χ2v) is 3.25. The summed E-state index contributed by atoms with van der Waals surface area (Å²) in [5.41, 5.74) is 6.09. The van der Waals surface area contributed by atoms with Gasteiger partial charge in [-0.2, -0.15) is 0 Å². The van der Waals surface area contributed by atoms with E-state index in [0.29, 0.717) is 6.04 Å². The van der Waals surface area contributed by atoms with Crippen LogP contribution in [-0.4, -0.2) is 19.1 Å². The maximum Gasteiger partial charge on any atom is 0.255 e. The summed E-state index contributed by atoms with van der Waals surface area (Å²) in [6.07, 6.45) is 0. The predicted molar refractivity (Wildman–Crippen MR) is 51.9 cm³/mol. The largest absolute Gasteiger partial charge is 0.483 e. The van der Waals surface area contributed by atoms with Crippen molar-refractivity contribution in [2.45, 2.75) is 6.04 Å². The van der Waals surface area contributed by atoms with Gasteiger partial charge < -0.3 is 15.8 Å². The number of benzene rings is 1. The number of hydrogen-bond donors (Lipinski definition) is 2. The lowest BCUT2D eigenvalue weighted by Gasteiger charge is -2.08. The van der Waals surface area contributed by atoms with Crippen molar-refractivity contribution in [3.63, 3.8) is 0 Å². The topological polar surface area (TPSA) is 74.3 Å². The zero-order valence-corrected chi connectivity index (χ0v) is 7.69. The second-order valence-electron chi connectivity index (χ2n) is 3.25. The minimum atomic E-state index is -0.455. The Labute approximate surface area is 82.1 Å². The van der Waals surface area contributed by atoms with E-state index in [9.17, 15) is 4.79 Å². The summed E-state index contributed by atoms with van der Waals surface area (Å²) in [4.78, 5) is 10.6. The molecule has 14 heavy (non-hydrogen) atoms. The fraction of sp³-hybridized carbons (Fsp3) is 0.300. The van der Waals surface area contributed by atoms with E-state index in [1.165, 1.54) is 0 Å². The molecule has 0 radical (unpaired) electrons. The highest BCUT2D eigenvalue weighted by Crippen LogP contribution is 2.30. The summed E-state index contributed by atoms with van der Waals surface area (Å²) in [6.45, 7) is 0.903. The van der Waals surface area contributed by atoms with E-state index >= 15 is 0 Å². The summed E-state index contributed by atoms with van der Waals surface area (Å²) in [5, 5.41) is 3.18. The maximum absolute atomic E-state index is 10.6. The first-order valence-electron chi connectivity index (χ1n) is 4.51. The average molecular weight is 192 g/mol. The van der Waals surface area contributed by atoms with Crippen molar-refractivity contribution in [2.75, 3.05) is 13.2 Å². The number of carbonyl (C=O) groups is 1. The molecule has 2 rings (SSSR count). The molecule has 0 spiro atoms. The lowest BCUT2D eigenvalue weighted by molar-refractivity contribution is -0.119. The second kappa shape index (κ2) is 3.67. The van der Waals surface area contributed by atoms with Crippen molar-refractivity contribution in [2.24, 2.45) is 5.73 Å². The van der Waals surface area contributed by atoms with Gasteiger partial charge in [0.05, 0.1) is 0 Å². The smallest absolute Gasteiger partial charge is 0.255 e. The van der Waals surface area contributed by atoms with Gasteiger partial charge in [0.2, 0.25) is 0 Å². The summed E-state index contributed by atoms with van der Waals surface area (Å²) in [7, 11) is 0. The third-order valence-electron chi connectivity index (χ3n) is 2.07. The van der Waals surface area contributed by atoms with Gasteiger partial charge in [0, 0.05) is 18.2 Å². The van der Waals surface area contributed by atoms with Crippen molar-refractivity contribution < 1.29 is 9.53 Å². The lowest BCUT2D eigenvalue weighted by atomic mass is 10.1. The molecule has 1 heterocycles. The molecule has 4 heteroatoms. The Hall–Kier alpha value is -1.55. The molecule has 4 nitrogen and oxygen atoms in total. The normalized spacial score (nSPS) is 19.0. The molecular formula is C10H12N2O2. The Kier molecular flexibility index (Phi) is 2.37. The molecule has 74 valence electrons. The number of ether oxygens (including phenoxy) is 1. The van der Waals surface area contributed by atoms with Crippen LogP contribution in [0.25, 0.3) is 0 Å². The SMILES string of the molecule is NC(=O)COc1ccccc1[C@H]1CN1. The summed E-state index contributed by atoms with van der Waals surface area (Å²) in [5.74, 6) is 0.282. The molecule has 1 aromatic carbocycles. The van der Waals surface area contributed by atoms with Crippen LogP contribution in [0, 0.1) is 0 Å². The predicted octanol–water partition coefficient (Wildman–Crippen LogP) is 0.195. The van der Waals surface area contributed by atoms with Gasteiger partial charge in [-0.25, -0.2) is 0 Å². The van der Waals surface area contributed by atoms with Gasteiger partial charge in [-0.3, -0.25) is 4.79 Å². The molecule has 0 aliphatic carbocycles. The first-order valence-corrected chi connectivity index (χ1v) is 4.51. The van der Waals surface area contributed by atoms with Gasteiger partial charge in [-0.15, -0.1) is 0 Å². The van der Waals surface area contributed by atoms with Crippen molar-refractivity contribution >= 4 is 5.91 Å². The molecule has 3 N–H and O–H groups in total. The molecule has 0 bridgehead atoms. The highest BCUT2D eigenvalue weighted by atomic mass is 16.5. The van der Waals surface area contributed by atoms with Gasteiger partial charge in [0.1, 0.15) is 5.75 Å². The average Bonchev–Trinajstić information content (AvgIpc) is 2.98. The van der Waals surface area contributed by atoms with E-state index in [0.717, 1.165) is 17.9 Å². The van der Waals surface area contributed by atoms with Crippen molar-refractivity contribution in [1.82, 2.24) is 5.32 Å². The monoisotopic (exact) mass is 192 g/mol. The van der Waals surface area contributed by atoms with Gasteiger partial charge in [-0.1, -0.05) is 18.2 Å². The fourth-order valence-electron chi connectivity index (χ4n) is 1.33. The van der Waals surface area contributed by atoms with E-state index in [1.807, 2.05) is 24.3 Å². The van der Waals surface area contributed by atoms with Crippen LogP contribution in [-0.2, 0) is 4.79 Å². The maximum atomic E-state index is 10.6. The van der Waals surface area contributed by atoms with Gasteiger partial charge in [0.15, 0.2) is 6.61 Å². The summed E-state index contributed by atoms with van der Waals surface area (Å²) in [6, 6.07) is 8.03. The molecule has 1 aliphatic rings. The van der Waals surface area contributed by atoms with Crippen LogP contribution in [0.4, 0.5) is 0 Å². The minimum absolute atomic E-state index is 0.0657. The van der Waals surface area contributed by atoms with Gasteiger partial charge in [-0.05, 0) is 6.07 Å². The van der Waals surface area contributed by atoms with Crippen LogP contribution in [0.15, 0.2) is 24.3 Å². The Bertz CT molecular complexity index is 348. The third-order valence-corrected chi connectivity index (χ3v) is 2.07. The summed E-state index contributed by atoms with van der Waals surface area (Å²) < 4.78 is 5.29. The van der Waals surface area contributed by atoms with E-state index in [-0.39, 0.29) is 6.61 Å². The standard InChI is InChI=1S/C10H12N2O2/c11-10(13)6-14-9-4-2-1-3-7(9)8-5-12-8/h1-4,8,12H,5-6H2,(H2,11,13)/t8-/m1/s1. The van der Waals surface area contributed by atoms with Crippen molar-refractivity contribution in [1.29, 1.82) is 0 Å². The Morgan fingerprint density at radius 1 is 1.57 bits per heavy atom. The Morgan fingerprint density at radius 2 is 2.29 bits per heavy atom. The first-order chi connectivity index (χ1) is 6.77. The third kappa shape index (κ3) is 2.03. The fourth-order valence-corrected chi connectivity index (χ4v) is 1.33. The minimum Gasteiger partial charge on any atom is -0.483 e. The van der Waals surface area contributed by atoms with Crippen LogP contribution in [0.1, 0.15) is 11.6 Å². The highest BCUT2D eigenvalue weighted by Gasteiger charge is 2.25. The molecule has 1 atom stereocenters. The van der Waals surface area contributed by atoms with Crippen LogP contribution >= 0.6 is 0 Å². The summed E-state index contributed by atoms with van der Waals surface area (Å²) >= 11 is 0. The molecule has 1 amide bonds. The molecule has 1 fully saturated rings. The van der Waals surface area contributed by atoms with E-state index in [1.54, 1.807) is 0 Å². The van der Waals surface area contributed by atoms with Crippen LogP contribution in [0.3, 0.4) is 0 Å². The number of hydrogen-bond acceptors (Lipinski definition) is 3. The molecule has 0 unspecified atom stereocenters. The Balaban J connectivity index is 2.10. The van der Waals surface area contributed by atoms with E-state index < -0.39 is 5.91 Å². The van der Waals surface area contributed by atoms with Crippen LogP contribution in [0.2, 0.25) is 0 Å². The van der Waals surface area contributed by atoms with Crippen LogP contribution < -0.4 is 15.8 Å². The van der Waals surface area contributed by atoms with Crippen molar-refractivity contribution in [3.8, 4) is 5.75 Å². The van der Waals surface area contributed by atoms with Gasteiger partial charge >= 0.3 is 0 Å². The number of carbonyl (C=O) groups excluding carboxylic acids is 1. The quantitative estimate of drug-likeness (QED) is 0.669. The number of rotatable bonds is 4.